The molecular weight excluding hydrogens is 307 g/mol. The predicted molar refractivity (Wildman–Crippen MR) is 71.3 cm³/mol. The summed E-state index contributed by atoms with van der Waals surface area (Å²) in [4.78, 5) is 9.32. The van der Waals surface area contributed by atoms with Gasteiger partial charge in [0, 0.05) is 23.3 Å². The molecule has 1 aliphatic rings. The van der Waals surface area contributed by atoms with Crippen molar-refractivity contribution in [2.45, 2.75) is 19.5 Å². The molecule has 21 heavy (non-hydrogen) atoms. The molecule has 0 spiro atoms. The van der Waals surface area contributed by atoms with Crippen LogP contribution in [0, 0.1) is 6.92 Å². The van der Waals surface area contributed by atoms with Crippen LogP contribution < -0.4 is 4.90 Å². The Morgan fingerprint density at radius 1 is 1.29 bits per heavy atom. The highest BCUT2D eigenvalue weighted by Gasteiger charge is 2.37. The van der Waals surface area contributed by atoms with E-state index in [0.717, 1.165) is 10.9 Å². The van der Waals surface area contributed by atoms with E-state index in [1.165, 1.54) is 0 Å². The Morgan fingerprint density at radius 2 is 2.05 bits per heavy atom. The molecule has 2 aromatic heterocycles. The van der Waals surface area contributed by atoms with Crippen LogP contribution >= 0.6 is 11.6 Å². The topological polar surface area (TPSA) is 46.3 Å². The van der Waals surface area contributed by atoms with E-state index in [1.54, 1.807) is 13.0 Å². The van der Waals surface area contributed by atoms with Gasteiger partial charge in [0.25, 0.3) is 11.6 Å². The fraction of sp³-hybridized carbons (Fsp3) is 0.417. The minimum absolute atomic E-state index is 0.0667. The van der Waals surface area contributed by atoms with Gasteiger partial charge in [-0.25, -0.2) is 4.98 Å². The van der Waals surface area contributed by atoms with Crippen molar-refractivity contribution in [2.24, 2.45) is 0 Å². The quantitative estimate of drug-likeness (QED) is 0.811. The Hall–Kier alpha value is -1.83. The normalized spacial score (nSPS) is 16.4. The number of hydrogen-bond donors (Lipinski definition) is 0. The van der Waals surface area contributed by atoms with Crippen molar-refractivity contribution in [1.29, 1.82) is 0 Å². The van der Waals surface area contributed by atoms with E-state index in [2.05, 4.69) is 15.1 Å². The van der Waals surface area contributed by atoms with E-state index < -0.39 is 12.0 Å². The van der Waals surface area contributed by atoms with Crippen LogP contribution in [0.4, 0.5) is 19.0 Å². The smallest absolute Gasteiger partial charge is 0.351 e. The molecule has 0 aliphatic carbocycles. The lowest BCUT2D eigenvalue weighted by Crippen LogP contribution is -2.30. The monoisotopic (exact) mass is 317 g/mol. The molecule has 1 aliphatic heterocycles. The second kappa shape index (κ2) is 4.87. The second-order valence-corrected chi connectivity index (χ2v) is 5.25. The molecule has 0 saturated heterocycles. The van der Waals surface area contributed by atoms with E-state index in [0.29, 0.717) is 29.6 Å². The number of anilines is 1. The lowest BCUT2D eigenvalue weighted by Gasteiger charge is -2.27. The first-order chi connectivity index (χ1) is 9.84. The molecule has 0 N–H and O–H groups in total. The van der Waals surface area contributed by atoms with Crippen LogP contribution in [-0.4, -0.2) is 32.7 Å². The fourth-order valence-corrected chi connectivity index (χ4v) is 2.47. The predicted octanol–water partition coefficient (Wildman–Crippen LogP) is 2.78. The highest BCUT2D eigenvalue weighted by Crippen LogP contribution is 2.28. The zero-order valence-corrected chi connectivity index (χ0v) is 11.8. The summed E-state index contributed by atoms with van der Waals surface area (Å²) in [5.41, 5.74) is 0.573. The highest BCUT2D eigenvalue weighted by molar-refractivity contribution is 6.30. The zero-order valence-electron chi connectivity index (χ0n) is 11.0. The van der Waals surface area contributed by atoms with Crippen LogP contribution in [0.15, 0.2) is 17.2 Å². The maximum Gasteiger partial charge on any atom is 0.453 e. The molecule has 9 heteroatoms. The molecule has 2 aromatic rings. The number of alkyl halides is 3. The number of rotatable bonds is 1. The molecule has 0 bridgehead atoms. The minimum atomic E-state index is -4.60. The molecule has 0 radical (unpaired) electrons. The van der Waals surface area contributed by atoms with Gasteiger partial charge in [0.15, 0.2) is 0 Å². The molecule has 0 fully saturated rings. The van der Waals surface area contributed by atoms with Gasteiger partial charge in [0.1, 0.15) is 5.82 Å². The number of aromatic nitrogens is 4. The third kappa shape index (κ3) is 2.67. The summed E-state index contributed by atoms with van der Waals surface area (Å²) in [5.74, 6) is -0.754. The SMILES string of the molecule is Cc1cc(N2CCC=C(Cl)C2)n2nc(C(F)(F)F)nc2n1. The average molecular weight is 318 g/mol. The first-order valence-corrected chi connectivity index (χ1v) is 6.63. The largest absolute Gasteiger partial charge is 0.453 e. The van der Waals surface area contributed by atoms with Gasteiger partial charge >= 0.3 is 6.18 Å². The Kier molecular flexibility index (Phi) is 3.27. The molecule has 5 nitrogen and oxygen atoms in total. The zero-order chi connectivity index (χ0) is 15.2. The molecule has 0 aromatic carbocycles. The number of fused-ring (bicyclic) bond motifs is 1. The van der Waals surface area contributed by atoms with Crippen LogP contribution in [-0.2, 0) is 6.18 Å². The maximum atomic E-state index is 12.8. The van der Waals surface area contributed by atoms with E-state index >= 15 is 0 Å². The number of aryl methyl sites for hydroxylation is 1. The van der Waals surface area contributed by atoms with Crippen molar-refractivity contribution in [1.82, 2.24) is 19.6 Å². The molecule has 3 rings (SSSR count). The van der Waals surface area contributed by atoms with Gasteiger partial charge in [-0.05, 0) is 13.3 Å². The summed E-state index contributed by atoms with van der Waals surface area (Å²) in [6.45, 7) is 2.78. The Labute approximate surface area is 123 Å². The van der Waals surface area contributed by atoms with Crippen LogP contribution in [0.3, 0.4) is 0 Å². The second-order valence-electron chi connectivity index (χ2n) is 4.76. The minimum Gasteiger partial charge on any atom is -0.351 e. The van der Waals surface area contributed by atoms with E-state index in [9.17, 15) is 13.2 Å². The van der Waals surface area contributed by atoms with Gasteiger partial charge in [-0.15, -0.1) is 5.10 Å². The lowest BCUT2D eigenvalue weighted by atomic mass is 10.2. The van der Waals surface area contributed by atoms with Crippen molar-refractivity contribution in [3.8, 4) is 0 Å². The van der Waals surface area contributed by atoms with Gasteiger partial charge < -0.3 is 4.90 Å². The van der Waals surface area contributed by atoms with Crippen LogP contribution in [0.1, 0.15) is 17.9 Å². The Balaban J connectivity index is 2.13. The fourth-order valence-electron chi connectivity index (χ4n) is 2.21. The van der Waals surface area contributed by atoms with Gasteiger partial charge in [0.2, 0.25) is 0 Å². The number of hydrogen-bond acceptors (Lipinski definition) is 4. The summed E-state index contributed by atoms with van der Waals surface area (Å²) in [6.07, 6.45) is -1.98. The first-order valence-electron chi connectivity index (χ1n) is 6.26. The Bertz CT molecular complexity index is 721. The van der Waals surface area contributed by atoms with Gasteiger partial charge in [-0.3, -0.25) is 0 Å². The standard InChI is InChI=1S/C12H11ClF3N5/c1-7-5-9(20-4-2-3-8(13)6-20)21-11(17-7)18-10(19-21)12(14,15)16/h3,5H,2,4,6H2,1H3. The van der Waals surface area contributed by atoms with Crippen LogP contribution in [0.25, 0.3) is 5.78 Å². The molecule has 3 heterocycles. The van der Waals surface area contributed by atoms with Gasteiger partial charge in [-0.2, -0.15) is 22.7 Å². The van der Waals surface area contributed by atoms with Crippen molar-refractivity contribution >= 4 is 23.2 Å². The third-order valence-electron chi connectivity index (χ3n) is 3.11. The van der Waals surface area contributed by atoms with Gasteiger partial charge in [-0.1, -0.05) is 17.7 Å². The number of halogens is 4. The van der Waals surface area contributed by atoms with Crippen LogP contribution in [0.2, 0.25) is 0 Å². The van der Waals surface area contributed by atoms with Gasteiger partial charge in [0.05, 0.1) is 6.54 Å². The lowest BCUT2D eigenvalue weighted by molar-refractivity contribution is -0.144. The summed E-state index contributed by atoms with van der Waals surface area (Å²) in [6, 6.07) is 1.68. The highest BCUT2D eigenvalue weighted by atomic mass is 35.5. The first kappa shape index (κ1) is 14.1. The summed E-state index contributed by atoms with van der Waals surface area (Å²) in [5, 5.41) is 4.19. The summed E-state index contributed by atoms with van der Waals surface area (Å²) >= 11 is 6.01. The van der Waals surface area contributed by atoms with Crippen molar-refractivity contribution < 1.29 is 13.2 Å². The van der Waals surface area contributed by atoms with Crippen molar-refractivity contribution in [3.05, 3.63) is 28.7 Å². The van der Waals surface area contributed by atoms with Crippen molar-refractivity contribution in [3.63, 3.8) is 0 Å². The maximum absolute atomic E-state index is 12.8. The van der Waals surface area contributed by atoms with E-state index in [1.807, 2.05) is 11.0 Å². The van der Waals surface area contributed by atoms with Crippen molar-refractivity contribution in [2.75, 3.05) is 18.0 Å². The molecule has 112 valence electrons. The molecule has 0 saturated carbocycles. The average Bonchev–Trinajstić information content (AvgIpc) is 2.81. The molecule has 0 atom stereocenters. The molecule has 0 amide bonds. The number of nitrogens with zero attached hydrogens (tertiary/aromatic N) is 5. The van der Waals surface area contributed by atoms with E-state index in [4.69, 9.17) is 11.6 Å². The van der Waals surface area contributed by atoms with E-state index in [-0.39, 0.29) is 5.78 Å². The van der Waals surface area contributed by atoms with Crippen LogP contribution in [0.5, 0.6) is 0 Å². The Morgan fingerprint density at radius 3 is 2.71 bits per heavy atom. The summed E-state index contributed by atoms with van der Waals surface area (Å²) in [7, 11) is 0. The summed E-state index contributed by atoms with van der Waals surface area (Å²) < 4.78 is 39.4. The third-order valence-corrected chi connectivity index (χ3v) is 3.38. The molecule has 0 unspecified atom stereocenters. The molecular formula is C12H11ClF3N5.